The van der Waals surface area contributed by atoms with E-state index in [1.54, 1.807) is 0 Å². The van der Waals surface area contributed by atoms with E-state index in [9.17, 15) is 4.79 Å². The maximum absolute atomic E-state index is 13.4. The Hall–Kier alpha value is -2.88. The molecule has 1 aliphatic rings. The lowest BCUT2D eigenvalue weighted by molar-refractivity contribution is 0.0685. The van der Waals surface area contributed by atoms with E-state index >= 15 is 0 Å². The van der Waals surface area contributed by atoms with Crippen LogP contribution in [-0.4, -0.2) is 35.5 Å². The quantitative estimate of drug-likeness (QED) is 0.632. The van der Waals surface area contributed by atoms with E-state index in [0.717, 1.165) is 53.0 Å². The standard InChI is InChI=1S/C24H26N2O2/c1-3-28-19-12-10-18(11-13-19)23-15-21(20-8-4-5-9-22(20)25-23)24(27)26-14-6-7-17(2)16-26/h4-5,8-13,15,17H,3,6-7,14,16H2,1-2H3/t17-/m1/s1. The molecule has 1 atom stereocenters. The number of amides is 1. The largest absolute Gasteiger partial charge is 0.494 e. The molecular weight excluding hydrogens is 348 g/mol. The Morgan fingerprint density at radius 1 is 1.18 bits per heavy atom. The number of para-hydroxylation sites is 1. The summed E-state index contributed by atoms with van der Waals surface area (Å²) in [6, 6.07) is 17.7. The third-order valence-electron chi connectivity index (χ3n) is 5.35. The molecule has 2 aromatic carbocycles. The molecule has 0 radical (unpaired) electrons. The molecule has 28 heavy (non-hydrogen) atoms. The fourth-order valence-electron chi connectivity index (χ4n) is 3.93. The van der Waals surface area contributed by atoms with Crippen molar-refractivity contribution in [3.05, 3.63) is 60.2 Å². The molecule has 4 nitrogen and oxygen atoms in total. The van der Waals surface area contributed by atoms with E-state index in [1.807, 2.05) is 66.4 Å². The number of fused-ring (bicyclic) bond motifs is 1. The summed E-state index contributed by atoms with van der Waals surface area (Å²) in [5.74, 6) is 1.50. The van der Waals surface area contributed by atoms with Crippen LogP contribution in [0.5, 0.6) is 5.75 Å². The molecule has 1 aromatic heterocycles. The Bertz CT molecular complexity index is 982. The van der Waals surface area contributed by atoms with Crippen LogP contribution >= 0.6 is 0 Å². The lowest BCUT2D eigenvalue weighted by Crippen LogP contribution is -2.39. The number of ether oxygens (including phenoxy) is 1. The molecule has 0 bridgehead atoms. The first-order valence-corrected chi connectivity index (χ1v) is 10.1. The number of carbonyl (C=O) groups is 1. The minimum absolute atomic E-state index is 0.109. The Morgan fingerprint density at radius 3 is 2.71 bits per heavy atom. The van der Waals surface area contributed by atoms with Crippen LogP contribution < -0.4 is 4.74 Å². The van der Waals surface area contributed by atoms with Gasteiger partial charge in [-0.2, -0.15) is 0 Å². The van der Waals surface area contributed by atoms with Gasteiger partial charge < -0.3 is 9.64 Å². The van der Waals surface area contributed by atoms with Gasteiger partial charge >= 0.3 is 0 Å². The third kappa shape index (κ3) is 3.72. The van der Waals surface area contributed by atoms with Crippen LogP contribution in [0.4, 0.5) is 0 Å². The predicted octanol–water partition coefficient (Wildman–Crippen LogP) is 5.17. The van der Waals surface area contributed by atoms with Crippen LogP contribution in [0, 0.1) is 5.92 Å². The minimum Gasteiger partial charge on any atom is -0.494 e. The summed E-state index contributed by atoms with van der Waals surface area (Å²) in [5.41, 5.74) is 3.39. The highest BCUT2D eigenvalue weighted by molar-refractivity contribution is 6.07. The summed E-state index contributed by atoms with van der Waals surface area (Å²) in [6.07, 6.45) is 2.26. The van der Waals surface area contributed by atoms with Crippen LogP contribution in [0.15, 0.2) is 54.6 Å². The molecule has 4 heteroatoms. The monoisotopic (exact) mass is 374 g/mol. The van der Waals surface area contributed by atoms with Crippen LogP contribution in [0.2, 0.25) is 0 Å². The van der Waals surface area contributed by atoms with Crippen molar-refractivity contribution in [1.29, 1.82) is 0 Å². The second-order valence-corrected chi connectivity index (χ2v) is 7.53. The second kappa shape index (κ2) is 8.01. The SMILES string of the molecule is CCOc1ccc(-c2cc(C(=O)N3CCC[C@@H](C)C3)c3ccccc3n2)cc1. The summed E-state index contributed by atoms with van der Waals surface area (Å²) < 4.78 is 5.54. The Balaban J connectivity index is 1.76. The Kier molecular flexibility index (Phi) is 5.29. The van der Waals surface area contributed by atoms with Gasteiger partial charge in [-0.25, -0.2) is 4.98 Å². The van der Waals surface area contributed by atoms with Crippen molar-refractivity contribution in [2.45, 2.75) is 26.7 Å². The highest BCUT2D eigenvalue weighted by Gasteiger charge is 2.24. The maximum Gasteiger partial charge on any atom is 0.254 e. The summed E-state index contributed by atoms with van der Waals surface area (Å²) in [5, 5.41) is 0.917. The fraction of sp³-hybridized carbons (Fsp3) is 0.333. The first kappa shape index (κ1) is 18.5. The average Bonchev–Trinajstić information content (AvgIpc) is 2.73. The van der Waals surface area contributed by atoms with Gasteiger partial charge in [-0.15, -0.1) is 0 Å². The van der Waals surface area contributed by atoms with Gasteiger partial charge in [0.05, 0.1) is 23.4 Å². The maximum atomic E-state index is 13.4. The van der Waals surface area contributed by atoms with Crippen LogP contribution in [0.3, 0.4) is 0 Å². The molecule has 1 saturated heterocycles. The molecule has 0 spiro atoms. The van der Waals surface area contributed by atoms with Gasteiger partial charge in [0.1, 0.15) is 5.75 Å². The van der Waals surface area contributed by atoms with Crippen molar-refractivity contribution < 1.29 is 9.53 Å². The number of piperidine rings is 1. The second-order valence-electron chi connectivity index (χ2n) is 7.53. The molecule has 0 aliphatic carbocycles. The summed E-state index contributed by atoms with van der Waals surface area (Å²) in [7, 11) is 0. The molecule has 0 saturated carbocycles. The number of hydrogen-bond donors (Lipinski definition) is 0. The number of nitrogens with zero attached hydrogens (tertiary/aromatic N) is 2. The van der Waals surface area contributed by atoms with Crippen molar-refractivity contribution in [3.63, 3.8) is 0 Å². The normalized spacial score (nSPS) is 16.9. The first-order chi connectivity index (χ1) is 13.7. The molecule has 144 valence electrons. The number of benzene rings is 2. The molecule has 1 amide bonds. The van der Waals surface area contributed by atoms with Crippen LogP contribution in [0.1, 0.15) is 37.0 Å². The van der Waals surface area contributed by atoms with Gasteiger partial charge in [0, 0.05) is 24.0 Å². The van der Waals surface area contributed by atoms with E-state index in [2.05, 4.69) is 6.92 Å². The summed E-state index contributed by atoms with van der Waals surface area (Å²) in [6.45, 7) is 6.49. The third-order valence-corrected chi connectivity index (χ3v) is 5.35. The molecular formula is C24H26N2O2. The number of carbonyl (C=O) groups excluding carboxylic acids is 1. The number of rotatable bonds is 4. The minimum atomic E-state index is 0.109. The Morgan fingerprint density at radius 2 is 1.96 bits per heavy atom. The average molecular weight is 374 g/mol. The van der Waals surface area contributed by atoms with Crippen molar-refractivity contribution in [2.24, 2.45) is 5.92 Å². The van der Waals surface area contributed by atoms with E-state index in [-0.39, 0.29) is 5.91 Å². The van der Waals surface area contributed by atoms with Crippen LogP contribution in [0.25, 0.3) is 22.2 Å². The highest BCUT2D eigenvalue weighted by atomic mass is 16.5. The summed E-state index contributed by atoms with van der Waals surface area (Å²) >= 11 is 0. The van der Waals surface area contributed by atoms with E-state index < -0.39 is 0 Å². The number of hydrogen-bond acceptors (Lipinski definition) is 3. The highest BCUT2D eigenvalue weighted by Crippen LogP contribution is 2.28. The molecule has 3 aromatic rings. The number of likely N-dealkylation sites (tertiary alicyclic amines) is 1. The van der Waals surface area contributed by atoms with Crippen molar-refractivity contribution in [2.75, 3.05) is 19.7 Å². The molecule has 1 fully saturated rings. The van der Waals surface area contributed by atoms with Crippen molar-refractivity contribution >= 4 is 16.8 Å². The number of aromatic nitrogens is 1. The smallest absolute Gasteiger partial charge is 0.254 e. The van der Waals surface area contributed by atoms with E-state index in [4.69, 9.17) is 9.72 Å². The van der Waals surface area contributed by atoms with Gasteiger partial charge in [0.2, 0.25) is 0 Å². The van der Waals surface area contributed by atoms with Crippen molar-refractivity contribution in [1.82, 2.24) is 9.88 Å². The zero-order valence-corrected chi connectivity index (χ0v) is 16.5. The van der Waals surface area contributed by atoms with Gasteiger partial charge in [-0.3, -0.25) is 4.79 Å². The topological polar surface area (TPSA) is 42.4 Å². The van der Waals surface area contributed by atoms with Gasteiger partial charge in [-0.1, -0.05) is 25.1 Å². The van der Waals surface area contributed by atoms with Gasteiger partial charge in [0.15, 0.2) is 0 Å². The lowest BCUT2D eigenvalue weighted by atomic mass is 9.98. The van der Waals surface area contributed by atoms with Crippen molar-refractivity contribution in [3.8, 4) is 17.0 Å². The fourth-order valence-corrected chi connectivity index (χ4v) is 3.93. The zero-order valence-electron chi connectivity index (χ0n) is 16.5. The first-order valence-electron chi connectivity index (χ1n) is 10.1. The lowest BCUT2D eigenvalue weighted by Gasteiger charge is -2.31. The van der Waals surface area contributed by atoms with Crippen LogP contribution in [-0.2, 0) is 0 Å². The molecule has 0 N–H and O–H groups in total. The Labute approximate surface area is 166 Å². The van der Waals surface area contributed by atoms with Gasteiger partial charge in [0.25, 0.3) is 5.91 Å². The van der Waals surface area contributed by atoms with Gasteiger partial charge in [-0.05, 0) is 62.1 Å². The predicted molar refractivity (Wildman–Crippen MR) is 113 cm³/mol. The zero-order chi connectivity index (χ0) is 19.5. The molecule has 2 heterocycles. The molecule has 4 rings (SSSR count). The molecule has 0 unspecified atom stereocenters. The summed E-state index contributed by atoms with van der Waals surface area (Å²) in [4.78, 5) is 20.2. The molecule has 1 aliphatic heterocycles. The van der Waals surface area contributed by atoms with E-state index in [0.29, 0.717) is 12.5 Å². The number of pyridine rings is 1. The van der Waals surface area contributed by atoms with E-state index in [1.165, 1.54) is 6.42 Å².